The molecular weight excluding hydrogens is 364 g/mol. The fraction of sp³-hybridized carbons (Fsp3) is 0.421. The van der Waals surface area contributed by atoms with Crippen LogP contribution in [0.25, 0.3) is 0 Å². The van der Waals surface area contributed by atoms with Crippen LogP contribution in [0.5, 0.6) is 5.75 Å². The average Bonchev–Trinajstić information content (AvgIpc) is 3.12. The zero-order chi connectivity index (χ0) is 18.8. The highest BCUT2D eigenvalue weighted by Gasteiger charge is 2.29. The predicted molar refractivity (Wildman–Crippen MR) is 105 cm³/mol. The van der Waals surface area contributed by atoms with Gasteiger partial charge in [0.25, 0.3) is 5.56 Å². The van der Waals surface area contributed by atoms with Crippen molar-refractivity contribution < 1.29 is 9.53 Å². The summed E-state index contributed by atoms with van der Waals surface area (Å²) in [6.07, 6.45) is 1.89. The summed E-state index contributed by atoms with van der Waals surface area (Å²) in [5.74, 6) is 1.68. The van der Waals surface area contributed by atoms with Crippen molar-refractivity contribution in [1.82, 2.24) is 14.5 Å². The van der Waals surface area contributed by atoms with E-state index in [1.54, 1.807) is 23.4 Å². The molecule has 0 bridgehead atoms. The van der Waals surface area contributed by atoms with Crippen LogP contribution in [0, 0.1) is 0 Å². The Kier molecular flexibility index (Phi) is 5.07. The lowest BCUT2D eigenvalue weighted by Crippen LogP contribution is -2.49. The summed E-state index contributed by atoms with van der Waals surface area (Å²) in [6.45, 7) is 2.99. The number of fused-ring (bicyclic) bond motifs is 1. The summed E-state index contributed by atoms with van der Waals surface area (Å²) < 4.78 is 6.86. The fourth-order valence-corrected chi connectivity index (χ4v) is 4.70. The number of rotatable bonds is 4. The summed E-state index contributed by atoms with van der Waals surface area (Å²) in [5.41, 5.74) is 1.06. The first-order valence-corrected chi connectivity index (χ1v) is 10.0. The van der Waals surface area contributed by atoms with Crippen molar-refractivity contribution in [1.29, 1.82) is 0 Å². The largest absolute Gasteiger partial charge is 0.497 e. The minimum atomic E-state index is -0.0988. The van der Waals surface area contributed by atoms with Crippen LogP contribution in [-0.4, -0.2) is 59.4 Å². The summed E-state index contributed by atoms with van der Waals surface area (Å²) in [7, 11) is 1.66. The number of benzene rings is 1. The average molecular weight is 386 g/mol. The van der Waals surface area contributed by atoms with Gasteiger partial charge in [-0.25, -0.2) is 4.98 Å². The lowest BCUT2D eigenvalue weighted by atomic mass is 10.2. The number of amides is 1. The fourth-order valence-electron chi connectivity index (χ4n) is 3.58. The van der Waals surface area contributed by atoms with Gasteiger partial charge in [-0.15, -0.1) is 0 Å². The molecule has 2 aromatic rings. The van der Waals surface area contributed by atoms with E-state index < -0.39 is 0 Å². The second kappa shape index (κ2) is 7.64. The van der Waals surface area contributed by atoms with Crippen LogP contribution < -0.4 is 15.2 Å². The van der Waals surface area contributed by atoms with Crippen LogP contribution in [0.1, 0.15) is 12.5 Å². The van der Waals surface area contributed by atoms with Gasteiger partial charge in [0.15, 0.2) is 5.16 Å². The van der Waals surface area contributed by atoms with Gasteiger partial charge in [-0.05, 0) is 24.3 Å². The van der Waals surface area contributed by atoms with Crippen molar-refractivity contribution in [3.05, 3.63) is 46.9 Å². The van der Waals surface area contributed by atoms with Gasteiger partial charge >= 0.3 is 0 Å². The maximum absolute atomic E-state index is 12.7. The van der Waals surface area contributed by atoms with Gasteiger partial charge in [-0.1, -0.05) is 11.8 Å². The standard InChI is InChI=1S/C19H22N4O3S/c1-26-16-4-2-14(3-5-16)21-8-10-22(11-9-21)18(25)12-15-13-27-19-20-7-6-17(24)23(15)19/h2-7,15H,8-13H2,1H3/t15-/m0/s1. The molecule has 1 aromatic heterocycles. The monoisotopic (exact) mass is 386 g/mol. The van der Waals surface area contributed by atoms with E-state index in [4.69, 9.17) is 4.74 Å². The van der Waals surface area contributed by atoms with Crippen molar-refractivity contribution in [2.24, 2.45) is 0 Å². The normalized spacial score (nSPS) is 19.1. The number of carbonyl (C=O) groups excluding carboxylic acids is 1. The summed E-state index contributed by atoms with van der Waals surface area (Å²) in [6, 6.07) is 9.35. The first-order valence-electron chi connectivity index (χ1n) is 9.03. The molecule has 2 aliphatic rings. The number of methoxy groups -OCH3 is 1. The zero-order valence-electron chi connectivity index (χ0n) is 15.2. The number of nitrogens with zero attached hydrogens (tertiary/aromatic N) is 4. The highest BCUT2D eigenvalue weighted by molar-refractivity contribution is 7.99. The molecule has 1 amide bonds. The number of piperazine rings is 1. The maximum atomic E-state index is 12.7. The lowest BCUT2D eigenvalue weighted by molar-refractivity contribution is -0.132. The molecule has 27 heavy (non-hydrogen) atoms. The Balaban J connectivity index is 1.35. The van der Waals surface area contributed by atoms with Crippen molar-refractivity contribution in [3.8, 4) is 5.75 Å². The smallest absolute Gasteiger partial charge is 0.254 e. The number of ether oxygens (including phenoxy) is 1. The van der Waals surface area contributed by atoms with Gasteiger partial charge in [-0.2, -0.15) is 0 Å². The lowest BCUT2D eigenvalue weighted by Gasteiger charge is -2.36. The van der Waals surface area contributed by atoms with Crippen LogP contribution in [0.3, 0.4) is 0 Å². The minimum absolute atomic E-state index is 0.0767. The summed E-state index contributed by atoms with van der Waals surface area (Å²) in [4.78, 5) is 33.3. The van der Waals surface area contributed by atoms with Crippen molar-refractivity contribution >= 4 is 23.4 Å². The predicted octanol–water partition coefficient (Wildman–Crippen LogP) is 1.64. The van der Waals surface area contributed by atoms with E-state index in [0.717, 1.165) is 30.3 Å². The molecule has 2 aliphatic heterocycles. The van der Waals surface area contributed by atoms with Gasteiger partial charge in [0.05, 0.1) is 13.2 Å². The number of thioether (sulfide) groups is 1. The molecule has 1 atom stereocenters. The topological polar surface area (TPSA) is 67.7 Å². The Labute approximate surface area is 161 Å². The third kappa shape index (κ3) is 3.66. The number of carbonyl (C=O) groups is 1. The molecule has 1 saturated heterocycles. The van der Waals surface area contributed by atoms with Crippen LogP contribution in [0.4, 0.5) is 5.69 Å². The quantitative estimate of drug-likeness (QED) is 0.744. The van der Waals surface area contributed by atoms with E-state index in [2.05, 4.69) is 9.88 Å². The van der Waals surface area contributed by atoms with Crippen LogP contribution in [0.2, 0.25) is 0 Å². The first-order chi connectivity index (χ1) is 13.2. The number of anilines is 1. The molecule has 0 spiro atoms. The molecule has 1 aromatic carbocycles. The Hall–Kier alpha value is -2.48. The molecule has 0 radical (unpaired) electrons. The van der Waals surface area contributed by atoms with Gasteiger partial charge in [-0.3, -0.25) is 14.2 Å². The van der Waals surface area contributed by atoms with E-state index in [-0.39, 0.29) is 17.5 Å². The molecule has 7 nitrogen and oxygen atoms in total. The van der Waals surface area contributed by atoms with Crippen LogP contribution in [0.15, 0.2) is 46.5 Å². The Morgan fingerprint density at radius 2 is 1.93 bits per heavy atom. The molecule has 0 aliphatic carbocycles. The molecule has 3 heterocycles. The van der Waals surface area contributed by atoms with Gasteiger partial charge in [0.1, 0.15) is 5.75 Å². The van der Waals surface area contributed by atoms with Crippen LogP contribution in [-0.2, 0) is 4.79 Å². The number of aromatic nitrogens is 2. The Morgan fingerprint density at radius 3 is 2.63 bits per heavy atom. The Bertz CT molecular complexity index is 875. The zero-order valence-corrected chi connectivity index (χ0v) is 16.0. The molecule has 0 unspecified atom stereocenters. The number of hydrogen-bond donors (Lipinski definition) is 0. The van der Waals surface area contributed by atoms with E-state index >= 15 is 0 Å². The highest BCUT2D eigenvalue weighted by atomic mass is 32.2. The Morgan fingerprint density at radius 1 is 1.19 bits per heavy atom. The van der Waals surface area contributed by atoms with E-state index in [1.165, 1.54) is 12.3 Å². The first kappa shape index (κ1) is 17.9. The second-order valence-corrected chi connectivity index (χ2v) is 7.66. The van der Waals surface area contributed by atoms with Crippen molar-refractivity contribution in [2.75, 3.05) is 43.9 Å². The van der Waals surface area contributed by atoms with Crippen LogP contribution >= 0.6 is 11.8 Å². The number of hydrogen-bond acceptors (Lipinski definition) is 6. The minimum Gasteiger partial charge on any atom is -0.497 e. The SMILES string of the molecule is COc1ccc(N2CCN(C(=O)C[C@H]3CSc4nccc(=O)n43)CC2)cc1. The molecular formula is C19H22N4O3S. The van der Waals surface area contributed by atoms with Crippen molar-refractivity contribution in [2.45, 2.75) is 17.6 Å². The van der Waals surface area contributed by atoms with E-state index in [0.29, 0.717) is 24.7 Å². The van der Waals surface area contributed by atoms with Gasteiger partial charge < -0.3 is 14.5 Å². The second-order valence-electron chi connectivity index (χ2n) is 6.67. The molecule has 8 heteroatoms. The molecule has 0 saturated carbocycles. The van der Waals surface area contributed by atoms with E-state index in [1.807, 2.05) is 29.2 Å². The molecule has 0 N–H and O–H groups in total. The highest BCUT2D eigenvalue weighted by Crippen LogP contribution is 2.32. The third-order valence-corrected chi connectivity index (χ3v) is 6.21. The van der Waals surface area contributed by atoms with Gasteiger partial charge in [0, 0.05) is 56.3 Å². The molecule has 142 valence electrons. The molecule has 4 rings (SSSR count). The summed E-state index contributed by atoms with van der Waals surface area (Å²) in [5, 5.41) is 0.713. The molecule has 1 fully saturated rings. The third-order valence-electron chi connectivity index (χ3n) is 5.10. The van der Waals surface area contributed by atoms with Crippen molar-refractivity contribution in [3.63, 3.8) is 0 Å². The maximum Gasteiger partial charge on any atom is 0.254 e. The van der Waals surface area contributed by atoms with Gasteiger partial charge in [0.2, 0.25) is 5.91 Å². The summed E-state index contributed by atoms with van der Waals surface area (Å²) >= 11 is 1.54. The van der Waals surface area contributed by atoms with E-state index in [9.17, 15) is 9.59 Å².